The van der Waals surface area contributed by atoms with Crippen molar-refractivity contribution in [1.29, 1.82) is 0 Å². The number of halogens is 1. The fourth-order valence-corrected chi connectivity index (χ4v) is 3.18. The van der Waals surface area contributed by atoms with Crippen LogP contribution in [0.2, 0.25) is 5.02 Å². The Labute approximate surface area is 177 Å². The molecule has 0 aliphatic carbocycles. The molecule has 0 saturated carbocycles. The third-order valence-electron chi connectivity index (χ3n) is 3.93. The standard InChI is InChI=1S/C21H19ClN2O4S/c1-13-3-7-16(8-4-13)27-11-20-24-18(12-29-20)21(26)28-10-19(25)23-15-6-5-14(2)17(22)9-15/h3-9,12H,10-11H2,1-2H3,(H,23,25). The Morgan fingerprint density at radius 1 is 1.14 bits per heavy atom. The van der Waals surface area contributed by atoms with Gasteiger partial charge in [0, 0.05) is 16.1 Å². The van der Waals surface area contributed by atoms with Crippen LogP contribution < -0.4 is 10.1 Å². The molecule has 0 aliphatic heterocycles. The molecule has 0 unspecified atom stereocenters. The van der Waals surface area contributed by atoms with Crippen molar-refractivity contribution in [2.45, 2.75) is 20.5 Å². The van der Waals surface area contributed by atoms with E-state index in [0.29, 0.717) is 15.7 Å². The molecule has 3 aromatic rings. The Hall–Kier alpha value is -2.90. The number of amides is 1. The largest absolute Gasteiger partial charge is 0.486 e. The summed E-state index contributed by atoms with van der Waals surface area (Å²) in [7, 11) is 0. The van der Waals surface area contributed by atoms with Crippen molar-refractivity contribution in [2.24, 2.45) is 0 Å². The number of esters is 1. The number of carbonyl (C=O) groups is 2. The Kier molecular flexibility index (Phi) is 6.85. The fourth-order valence-electron chi connectivity index (χ4n) is 2.32. The van der Waals surface area contributed by atoms with Crippen LogP contribution in [-0.2, 0) is 16.1 Å². The molecule has 1 N–H and O–H groups in total. The zero-order valence-electron chi connectivity index (χ0n) is 15.9. The number of nitrogens with one attached hydrogen (secondary N) is 1. The lowest BCUT2D eigenvalue weighted by molar-refractivity contribution is -0.119. The normalized spacial score (nSPS) is 10.4. The Balaban J connectivity index is 1.47. The summed E-state index contributed by atoms with van der Waals surface area (Å²) < 4.78 is 10.7. The number of aryl methyl sites for hydroxylation is 2. The van der Waals surface area contributed by atoms with Crippen molar-refractivity contribution in [1.82, 2.24) is 4.98 Å². The molecule has 6 nitrogen and oxygen atoms in total. The summed E-state index contributed by atoms with van der Waals surface area (Å²) in [6, 6.07) is 12.8. The second kappa shape index (κ2) is 9.54. The SMILES string of the molecule is Cc1ccc(OCc2nc(C(=O)OCC(=O)Nc3ccc(C)c(Cl)c3)cs2)cc1. The van der Waals surface area contributed by atoms with Gasteiger partial charge in [-0.2, -0.15) is 0 Å². The third-order valence-corrected chi connectivity index (χ3v) is 5.16. The fraction of sp³-hybridized carbons (Fsp3) is 0.190. The second-order valence-corrected chi connectivity index (χ2v) is 7.67. The monoisotopic (exact) mass is 430 g/mol. The van der Waals surface area contributed by atoms with E-state index >= 15 is 0 Å². The number of hydrogen-bond donors (Lipinski definition) is 1. The maximum absolute atomic E-state index is 12.1. The molecular weight excluding hydrogens is 412 g/mol. The van der Waals surface area contributed by atoms with Gasteiger partial charge in [0.15, 0.2) is 12.3 Å². The quantitative estimate of drug-likeness (QED) is 0.545. The maximum Gasteiger partial charge on any atom is 0.358 e. The highest BCUT2D eigenvalue weighted by molar-refractivity contribution is 7.09. The predicted molar refractivity (Wildman–Crippen MR) is 113 cm³/mol. The van der Waals surface area contributed by atoms with Gasteiger partial charge >= 0.3 is 5.97 Å². The minimum Gasteiger partial charge on any atom is -0.486 e. The lowest BCUT2D eigenvalue weighted by atomic mass is 10.2. The minimum atomic E-state index is -0.667. The van der Waals surface area contributed by atoms with Gasteiger partial charge < -0.3 is 14.8 Å². The molecule has 1 aromatic heterocycles. The number of rotatable bonds is 7. The molecule has 1 heterocycles. The summed E-state index contributed by atoms with van der Waals surface area (Å²) in [5, 5.41) is 5.38. The van der Waals surface area contributed by atoms with E-state index in [-0.39, 0.29) is 12.3 Å². The highest BCUT2D eigenvalue weighted by Crippen LogP contribution is 2.20. The van der Waals surface area contributed by atoms with Crippen LogP contribution in [0.15, 0.2) is 47.8 Å². The van der Waals surface area contributed by atoms with E-state index in [9.17, 15) is 9.59 Å². The molecule has 3 rings (SSSR count). The first-order valence-corrected chi connectivity index (χ1v) is 10.0. The van der Waals surface area contributed by atoms with E-state index in [0.717, 1.165) is 16.9 Å². The van der Waals surface area contributed by atoms with Crippen molar-refractivity contribution in [3.05, 3.63) is 74.7 Å². The molecule has 8 heteroatoms. The summed E-state index contributed by atoms with van der Waals surface area (Å²) >= 11 is 7.31. The molecule has 2 aromatic carbocycles. The first-order chi connectivity index (χ1) is 13.9. The number of hydrogen-bond acceptors (Lipinski definition) is 6. The average Bonchev–Trinajstić information content (AvgIpc) is 3.18. The predicted octanol–water partition coefficient (Wildman–Crippen LogP) is 4.79. The van der Waals surface area contributed by atoms with Gasteiger partial charge in [0.05, 0.1) is 0 Å². The smallest absolute Gasteiger partial charge is 0.358 e. The third kappa shape index (κ3) is 6.04. The summed E-state index contributed by atoms with van der Waals surface area (Å²) in [5.74, 6) is -0.404. The van der Waals surface area contributed by atoms with Gasteiger partial charge in [-0.25, -0.2) is 9.78 Å². The van der Waals surface area contributed by atoms with Gasteiger partial charge in [0.2, 0.25) is 0 Å². The molecule has 0 fully saturated rings. The van der Waals surface area contributed by atoms with Crippen LogP contribution >= 0.6 is 22.9 Å². The molecule has 0 radical (unpaired) electrons. The molecule has 0 spiro atoms. The van der Waals surface area contributed by atoms with Crippen LogP contribution in [-0.4, -0.2) is 23.5 Å². The first-order valence-electron chi connectivity index (χ1n) is 8.78. The maximum atomic E-state index is 12.1. The summed E-state index contributed by atoms with van der Waals surface area (Å²) in [6.45, 7) is 3.69. The van der Waals surface area contributed by atoms with Crippen molar-refractivity contribution in [2.75, 3.05) is 11.9 Å². The van der Waals surface area contributed by atoms with Crippen molar-refractivity contribution in [3.63, 3.8) is 0 Å². The summed E-state index contributed by atoms with van der Waals surface area (Å²) in [4.78, 5) is 28.3. The number of anilines is 1. The molecular formula is C21H19ClN2O4S. The van der Waals surface area contributed by atoms with Crippen LogP contribution in [0.4, 0.5) is 5.69 Å². The lowest BCUT2D eigenvalue weighted by Crippen LogP contribution is -2.21. The van der Waals surface area contributed by atoms with Gasteiger partial charge in [-0.3, -0.25) is 4.79 Å². The zero-order chi connectivity index (χ0) is 20.8. The Morgan fingerprint density at radius 2 is 1.90 bits per heavy atom. The van der Waals surface area contributed by atoms with Gasteiger partial charge in [-0.05, 0) is 43.7 Å². The molecule has 150 valence electrons. The van der Waals surface area contributed by atoms with Crippen LogP contribution in [0.1, 0.15) is 26.6 Å². The van der Waals surface area contributed by atoms with Crippen LogP contribution in [0.5, 0.6) is 5.75 Å². The molecule has 0 bridgehead atoms. The van der Waals surface area contributed by atoms with Crippen molar-refractivity contribution >= 4 is 40.5 Å². The summed E-state index contributed by atoms with van der Waals surface area (Å²) in [6.07, 6.45) is 0. The molecule has 0 aliphatic rings. The molecule has 0 saturated heterocycles. The van der Waals surface area contributed by atoms with E-state index in [4.69, 9.17) is 21.1 Å². The number of nitrogens with zero attached hydrogens (tertiary/aromatic N) is 1. The number of thiazole rings is 1. The van der Waals surface area contributed by atoms with E-state index in [1.165, 1.54) is 11.3 Å². The lowest BCUT2D eigenvalue weighted by Gasteiger charge is -2.07. The van der Waals surface area contributed by atoms with Crippen LogP contribution in [0.3, 0.4) is 0 Å². The van der Waals surface area contributed by atoms with Gasteiger partial charge in [0.25, 0.3) is 5.91 Å². The minimum absolute atomic E-state index is 0.142. The topological polar surface area (TPSA) is 77.5 Å². The van der Waals surface area contributed by atoms with Crippen molar-refractivity contribution < 1.29 is 19.1 Å². The van der Waals surface area contributed by atoms with E-state index < -0.39 is 18.5 Å². The van der Waals surface area contributed by atoms with E-state index in [2.05, 4.69) is 10.3 Å². The van der Waals surface area contributed by atoms with Gasteiger partial charge in [-0.15, -0.1) is 11.3 Å². The molecule has 1 amide bonds. The summed E-state index contributed by atoms with van der Waals surface area (Å²) in [5.41, 5.74) is 2.72. The highest BCUT2D eigenvalue weighted by atomic mass is 35.5. The van der Waals surface area contributed by atoms with Gasteiger partial charge in [-0.1, -0.05) is 35.4 Å². The van der Waals surface area contributed by atoms with Crippen molar-refractivity contribution in [3.8, 4) is 5.75 Å². The molecule has 29 heavy (non-hydrogen) atoms. The Morgan fingerprint density at radius 3 is 2.62 bits per heavy atom. The Bertz CT molecular complexity index is 1020. The number of benzene rings is 2. The van der Waals surface area contributed by atoms with Crippen LogP contribution in [0, 0.1) is 13.8 Å². The van der Waals surface area contributed by atoms with E-state index in [1.54, 1.807) is 23.6 Å². The number of carbonyl (C=O) groups excluding carboxylic acids is 2. The average molecular weight is 431 g/mol. The zero-order valence-corrected chi connectivity index (χ0v) is 17.5. The van der Waals surface area contributed by atoms with E-state index in [1.807, 2.05) is 38.1 Å². The van der Waals surface area contributed by atoms with Gasteiger partial charge in [0.1, 0.15) is 17.4 Å². The first kappa shape index (κ1) is 20.8. The van der Waals surface area contributed by atoms with Crippen LogP contribution in [0.25, 0.3) is 0 Å². The second-order valence-electron chi connectivity index (χ2n) is 6.32. The number of aromatic nitrogens is 1. The molecule has 0 atom stereocenters. The highest BCUT2D eigenvalue weighted by Gasteiger charge is 2.15. The number of ether oxygens (including phenoxy) is 2.